The maximum absolute atomic E-state index is 13.3. The average Bonchev–Trinajstić information content (AvgIpc) is 3.17. The molecule has 0 unspecified atom stereocenters. The van der Waals surface area contributed by atoms with Crippen molar-refractivity contribution in [3.05, 3.63) is 59.7 Å². The van der Waals surface area contributed by atoms with Gasteiger partial charge in [0.25, 0.3) is 0 Å². The van der Waals surface area contributed by atoms with Crippen molar-refractivity contribution in [3.63, 3.8) is 0 Å². The van der Waals surface area contributed by atoms with E-state index in [1.807, 2.05) is 0 Å². The van der Waals surface area contributed by atoms with Crippen LogP contribution in [0.15, 0.2) is 52.0 Å². The first-order valence-electron chi connectivity index (χ1n) is 8.70. The molecule has 0 aliphatic carbocycles. The third-order valence-electron chi connectivity index (χ3n) is 3.98. The number of aryl methyl sites for hydroxylation is 1. The molecule has 0 atom stereocenters. The van der Waals surface area contributed by atoms with Crippen molar-refractivity contribution in [2.75, 3.05) is 17.7 Å². The van der Waals surface area contributed by atoms with Gasteiger partial charge in [0.05, 0.1) is 11.4 Å². The molecule has 0 amide bonds. The molecule has 3 aromatic rings. The second-order valence-electron chi connectivity index (χ2n) is 6.14. The Morgan fingerprint density at radius 3 is 2.63 bits per heavy atom. The van der Waals surface area contributed by atoms with Gasteiger partial charge < -0.3 is 14.5 Å². The number of amidine groups is 1. The summed E-state index contributed by atoms with van der Waals surface area (Å²) in [6.45, 7) is 1.66. The SMILES string of the molecule is Cc1nc(-c2ccc(C=O)c(/N=C(/SCC(=O)O)N(C)c3ccc(F)cc3)c2)no1. The number of aldehydes is 1. The molecule has 1 N–H and O–H groups in total. The predicted molar refractivity (Wildman–Crippen MR) is 112 cm³/mol. The molecule has 30 heavy (non-hydrogen) atoms. The first-order chi connectivity index (χ1) is 14.4. The number of anilines is 1. The third kappa shape index (κ3) is 5.09. The molecule has 0 aliphatic heterocycles. The summed E-state index contributed by atoms with van der Waals surface area (Å²) in [6, 6.07) is 10.5. The molecule has 0 bridgehead atoms. The van der Waals surface area contributed by atoms with E-state index in [0.717, 1.165) is 11.8 Å². The van der Waals surface area contributed by atoms with Crippen molar-refractivity contribution in [3.8, 4) is 11.4 Å². The zero-order chi connectivity index (χ0) is 21.7. The summed E-state index contributed by atoms with van der Waals surface area (Å²) in [5.41, 5.74) is 1.81. The van der Waals surface area contributed by atoms with Crippen molar-refractivity contribution in [2.24, 2.45) is 4.99 Å². The summed E-state index contributed by atoms with van der Waals surface area (Å²) in [6.07, 6.45) is 0.654. The molecule has 154 valence electrons. The molecule has 3 rings (SSSR count). The first kappa shape index (κ1) is 21.2. The zero-order valence-corrected chi connectivity index (χ0v) is 16.9. The van der Waals surface area contributed by atoms with E-state index in [4.69, 9.17) is 9.63 Å². The van der Waals surface area contributed by atoms with Gasteiger partial charge in [0.15, 0.2) is 11.5 Å². The van der Waals surface area contributed by atoms with Gasteiger partial charge in [-0.3, -0.25) is 9.59 Å². The number of hydrogen-bond donors (Lipinski definition) is 1. The standard InChI is InChI=1S/C20H17FN4O4S/c1-12-22-19(24-29-12)13-3-4-14(10-26)17(9-13)23-20(30-11-18(27)28)25(2)16-7-5-15(21)6-8-16/h3-10H,11H2,1-2H3,(H,27,28)/b23-20+. The maximum Gasteiger partial charge on any atom is 0.313 e. The minimum absolute atomic E-state index is 0.246. The number of aliphatic carboxylic acids is 1. The number of carbonyl (C=O) groups excluding carboxylic acids is 1. The van der Waals surface area contributed by atoms with Crippen LogP contribution >= 0.6 is 11.8 Å². The van der Waals surface area contributed by atoms with Gasteiger partial charge in [-0.1, -0.05) is 23.0 Å². The summed E-state index contributed by atoms with van der Waals surface area (Å²) < 4.78 is 18.3. The number of aromatic nitrogens is 2. The largest absolute Gasteiger partial charge is 0.481 e. The Kier molecular flexibility index (Phi) is 6.58. The Balaban J connectivity index is 2.05. The van der Waals surface area contributed by atoms with Crippen LogP contribution in [-0.2, 0) is 4.79 Å². The van der Waals surface area contributed by atoms with Gasteiger partial charge >= 0.3 is 5.97 Å². The van der Waals surface area contributed by atoms with Crippen LogP contribution in [0.2, 0.25) is 0 Å². The molecule has 0 saturated heterocycles. The van der Waals surface area contributed by atoms with Gasteiger partial charge in [0, 0.05) is 30.8 Å². The van der Waals surface area contributed by atoms with Crippen molar-refractivity contribution in [2.45, 2.75) is 6.92 Å². The minimum Gasteiger partial charge on any atom is -0.481 e. The summed E-state index contributed by atoms with van der Waals surface area (Å²) >= 11 is 0.974. The molecule has 0 spiro atoms. The Morgan fingerprint density at radius 2 is 2.03 bits per heavy atom. The molecule has 0 fully saturated rings. The van der Waals surface area contributed by atoms with Crippen LogP contribution in [0.5, 0.6) is 0 Å². The summed E-state index contributed by atoms with van der Waals surface area (Å²) in [7, 11) is 1.67. The summed E-state index contributed by atoms with van der Waals surface area (Å²) in [5, 5.41) is 13.3. The lowest BCUT2D eigenvalue weighted by Gasteiger charge is -2.21. The molecule has 0 saturated carbocycles. The number of carboxylic acids is 1. The molecular formula is C20H17FN4O4S. The Morgan fingerprint density at radius 1 is 1.30 bits per heavy atom. The number of aliphatic imine (C=N–C) groups is 1. The topological polar surface area (TPSA) is 109 Å². The monoisotopic (exact) mass is 428 g/mol. The quantitative estimate of drug-likeness (QED) is 0.357. The van der Waals surface area contributed by atoms with Gasteiger partial charge in [-0.2, -0.15) is 4.98 Å². The first-order valence-corrected chi connectivity index (χ1v) is 9.68. The van der Waals surface area contributed by atoms with Crippen LogP contribution in [0.4, 0.5) is 15.8 Å². The molecule has 2 aromatic carbocycles. The highest BCUT2D eigenvalue weighted by atomic mass is 32.2. The second-order valence-corrected chi connectivity index (χ2v) is 7.08. The van der Waals surface area contributed by atoms with Crippen molar-refractivity contribution in [1.29, 1.82) is 0 Å². The van der Waals surface area contributed by atoms with E-state index in [-0.39, 0.29) is 5.75 Å². The molecule has 8 nitrogen and oxygen atoms in total. The maximum atomic E-state index is 13.3. The predicted octanol–water partition coefficient (Wildman–Crippen LogP) is 3.94. The smallest absolute Gasteiger partial charge is 0.313 e. The van der Waals surface area contributed by atoms with Crippen LogP contribution < -0.4 is 4.90 Å². The Hall–Kier alpha value is -3.53. The number of benzene rings is 2. The average molecular weight is 428 g/mol. The van der Waals surface area contributed by atoms with Crippen LogP contribution in [0.1, 0.15) is 16.2 Å². The van der Waals surface area contributed by atoms with Crippen LogP contribution in [0.25, 0.3) is 11.4 Å². The number of halogens is 1. The van der Waals surface area contributed by atoms with E-state index in [9.17, 15) is 14.0 Å². The molecule has 1 aromatic heterocycles. The molecule has 10 heteroatoms. The number of carboxylic acid groups (broad SMARTS) is 1. The summed E-state index contributed by atoms with van der Waals surface area (Å²) in [5.74, 6) is -0.928. The van der Waals surface area contributed by atoms with E-state index in [2.05, 4.69) is 15.1 Å². The van der Waals surface area contributed by atoms with Gasteiger partial charge in [-0.25, -0.2) is 9.38 Å². The van der Waals surface area contributed by atoms with E-state index in [1.54, 1.807) is 49.2 Å². The number of rotatable bonds is 6. The number of hydrogen-bond acceptors (Lipinski definition) is 7. The van der Waals surface area contributed by atoms with E-state index >= 15 is 0 Å². The van der Waals surface area contributed by atoms with Gasteiger partial charge in [0.2, 0.25) is 11.7 Å². The van der Waals surface area contributed by atoms with E-state index < -0.39 is 11.8 Å². The minimum atomic E-state index is -1.02. The highest BCUT2D eigenvalue weighted by molar-refractivity contribution is 8.14. The van der Waals surface area contributed by atoms with Crippen molar-refractivity contribution in [1.82, 2.24) is 10.1 Å². The van der Waals surface area contributed by atoms with Crippen molar-refractivity contribution >= 4 is 40.6 Å². The molecule has 1 heterocycles. The second kappa shape index (κ2) is 9.31. The van der Waals surface area contributed by atoms with Crippen LogP contribution in [-0.4, -0.2) is 45.5 Å². The van der Waals surface area contributed by atoms with Crippen LogP contribution in [0.3, 0.4) is 0 Å². The number of carbonyl (C=O) groups is 2. The third-order valence-corrected chi connectivity index (χ3v) is 5.00. The zero-order valence-electron chi connectivity index (χ0n) is 16.1. The van der Waals surface area contributed by atoms with E-state index in [0.29, 0.717) is 45.7 Å². The van der Waals surface area contributed by atoms with E-state index in [1.165, 1.54) is 12.1 Å². The van der Waals surface area contributed by atoms with Gasteiger partial charge in [-0.05, 0) is 36.4 Å². The molecule has 0 radical (unpaired) electrons. The van der Waals surface area contributed by atoms with Gasteiger partial charge in [0.1, 0.15) is 5.82 Å². The fourth-order valence-corrected chi connectivity index (χ4v) is 3.22. The lowest BCUT2D eigenvalue weighted by atomic mass is 10.1. The molecular weight excluding hydrogens is 411 g/mol. The highest BCUT2D eigenvalue weighted by Crippen LogP contribution is 2.28. The fourth-order valence-electron chi connectivity index (χ4n) is 2.50. The Bertz CT molecular complexity index is 1100. The van der Waals surface area contributed by atoms with Crippen LogP contribution in [0, 0.1) is 12.7 Å². The fraction of sp³-hybridized carbons (Fsp3) is 0.150. The number of nitrogens with zero attached hydrogens (tertiary/aromatic N) is 4. The Labute approximate surface area is 175 Å². The lowest BCUT2D eigenvalue weighted by Crippen LogP contribution is -2.24. The lowest BCUT2D eigenvalue weighted by molar-refractivity contribution is -0.133. The normalized spacial score (nSPS) is 11.4. The summed E-state index contributed by atoms with van der Waals surface area (Å²) in [4.78, 5) is 32.9. The van der Waals surface area contributed by atoms with Crippen molar-refractivity contribution < 1.29 is 23.6 Å². The highest BCUT2D eigenvalue weighted by Gasteiger charge is 2.15. The van der Waals surface area contributed by atoms with Gasteiger partial charge in [-0.15, -0.1) is 0 Å². The number of thioether (sulfide) groups is 1. The molecule has 0 aliphatic rings.